The van der Waals surface area contributed by atoms with Crippen molar-refractivity contribution in [2.75, 3.05) is 19.5 Å². The first kappa shape index (κ1) is 24.0. The Hall–Kier alpha value is -4.11. The van der Waals surface area contributed by atoms with E-state index in [2.05, 4.69) is 20.7 Å². The van der Waals surface area contributed by atoms with Gasteiger partial charge in [-0.05, 0) is 73.2 Å². The lowest BCUT2D eigenvalue weighted by atomic mass is 10.2. The zero-order chi connectivity index (χ0) is 24.5. The average Bonchev–Trinajstić information content (AvgIpc) is 3.33. The SMILES string of the molecule is CCOc1ccc(/C=N\NC(=O)CSc2nnc(-c3ccc(OC)cc3)n2-c2ccccc2)cc1. The smallest absolute Gasteiger partial charge is 0.250 e. The van der Waals surface area contributed by atoms with Crippen LogP contribution in [0.25, 0.3) is 17.1 Å². The van der Waals surface area contributed by atoms with Gasteiger partial charge >= 0.3 is 0 Å². The normalized spacial score (nSPS) is 10.9. The van der Waals surface area contributed by atoms with Crippen LogP contribution in [-0.2, 0) is 4.79 Å². The highest BCUT2D eigenvalue weighted by atomic mass is 32.2. The van der Waals surface area contributed by atoms with Gasteiger partial charge in [-0.25, -0.2) is 5.43 Å². The molecule has 0 fully saturated rings. The summed E-state index contributed by atoms with van der Waals surface area (Å²) >= 11 is 1.29. The Labute approximate surface area is 208 Å². The molecule has 9 heteroatoms. The predicted octanol–water partition coefficient (Wildman–Crippen LogP) is 4.58. The zero-order valence-electron chi connectivity index (χ0n) is 19.4. The Balaban J connectivity index is 1.44. The monoisotopic (exact) mass is 487 g/mol. The van der Waals surface area contributed by atoms with E-state index in [9.17, 15) is 4.79 Å². The Morgan fingerprint density at radius 1 is 1.00 bits per heavy atom. The first-order valence-electron chi connectivity index (χ1n) is 11.0. The van der Waals surface area contributed by atoms with Crippen LogP contribution in [-0.4, -0.2) is 46.4 Å². The molecule has 0 aliphatic rings. The number of para-hydroxylation sites is 1. The van der Waals surface area contributed by atoms with Crippen molar-refractivity contribution in [1.29, 1.82) is 0 Å². The molecule has 0 spiro atoms. The fraction of sp³-hybridized carbons (Fsp3) is 0.154. The molecule has 0 radical (unpaired) electrons. The number of carbonyl (C=O) groups is 1. The third-order valence-corrected chi connectivity index (χ3v) is 5.85. The largest absolute Gasteiger partial charge is 0.497 e. The number of hydrogen-bond donors (Lipinski definition) is 1. The summed E-state index contributed by atoms with van der Waals surface area (Å²) in [5.41, 5.74) is 5.20. The fourth-order valence-electron chi connectivity index (χ4n) is 3.26. The summed E-state index contributed by atoms with van der Waals surface area (Å²) in [5, 5.41) is 13.4. The molecule has 4 rings (SSSR count). The van der Waals surface area contributed by atoms with E-state index in [0.717, 1.165) is 28.3 Å². The number of hydrazone groups is 1. The topological polar surface area (TPSA) is 90.6 Å². The van der Waals surface area contributed by atoms with Crippen LogP contribution >= 0.6 is 11.8 Å². The summed E-state index contributed by atoms with van der Waals surface area (Å²) in [6.07, 6.45) is 1.59. The van der Waals surface area contributed by atoms with Crippen molar-refractivity contribution >= 4 is 23.9 Å². The number of benzene rings is 3. The molecule has 1 aromatic heterocycles. The Bertz CT molecular complexity index is 1270. The molecule has 35 heavy (non-hydrogen) atoms. The number of carbonyl (C=O) groups excluding carboxylic acids is 1. The highest BCUT2D eigenvalue weighted by Crippen LogP contribution is 2.28. The highest BCUT2D eigenvalue weighted by molar-refractivity contribution is 7.99. The summed E-state index contributed by atoms with van der Waals surface area (Å²) in [4.78, 5) is 12.4. The maximum Gasteiger partial charge on any atom is 0.250 e. The highest BCUT2D eigenvalue weighted by Gasteiger charge is 2.17. The van der Waals surface area contributed by atoms with Crippen LogP contribution in [0.1, 0.15) is 12.5 Å². The fourth-order valence-corrected chi connectivity index (χ4v) is 4.00. The second kappa shape index (κ2) is 11.8. The van der Waals surface area contributed by atoms with Gasteiger partial charge in [0.2, 0.25) is 0 Å². The standard InChI is InChI=1S/C26H25N5O3S/c1-3-34-23-13-9-19(10-14-23)17-27-28-24(32)18-35-26-30-29-25(20-11-15-22(33-2)16-12-20)31(26)21-7-5-4-6-8-21/h4-17H,3,18H2,1-2H3,(H,28,32)/b27-17-. The maximum atomic E-state index is 12.4. The summed E-state index contributed by atoms with van der Waals surface area (Å²) in [5.74, 6) is 2.12. The minimum Gasteiger partial charge on any atom is -0.497 e. The zero-order valence-corrected chi connectivity index (χ0v) is 20.2. The first-order chi connectivity index (χ1) is 17.2. The Kier molecular flexibility index (Phi) is 8.13. The van der Waals surface area contributed by atoms with Crippen LogP contribution in [0.2, 0.25) is 0 Å². The van der Waals surface area contributed by atoms with Gasteiger partial charge in [0.25, 0.3) is 5.91 Å². The molecule has 4 aromatic rings. The van der Waals surface area contributed by atoms with E-state index in [4.69, 9.17) is 9.47 Å². The van der Waals surface area contributed by atoms with Gasteiger partial charge in [-0.3, -0.25) is 9.36 Å². The number of thioether (sulfide) groups is 1. The number of methoxy groups -OCH3 is 1. The van der Waals surface area contributed by atoms with Gasteiger partial charge in [-0.1, -0.05) is 30.0 Å². The minimum absolute atomic E-state index is 0.133. The number of ether oxygens (including phenoxy) is 2. The molecular weight excluding hydrogens is 462 g/mol. The van der Waals surface area contributed by atoms with Gasteiger partial charge in [0.1, 0.15) is 11.5 Å². The summed E-state index contributed by atoms with van der Waals surface area (Å²) in [6.45, 7) is 2.55. The molecule has 1 amide bonds. The van der Waals surface area contributed by atoms with Crippen molar-refractivity contribution in [2.24, 2.45) is 5.10 Å². The maximum absolute atomic E-state index is 12.4. The predicted molar refractivity (Wildman–Crippen MR) is 137 cm³/mol. The van der Waals surface area contributed by atoms with Crippen molar-refractivity contribution in [3.63, 3.8) is 0 Å². The van der Waals surface area contributed by atoms with E-state index < -0.39 is 0 Å². The van der Waals surface area contributed by atoms with E-state index in [1.54, 1.807) is 13.3 Å². The van der Waals surface area contributed by atoms with Crippen LogP contribution in [0.15, 0.2) is 89.1 Å². The number of rotatable bonds is 10. The van der Waals surface area contributed by atoms with E-state index in [0.29, 0.717) is 17.6 Å². The molecule has 3 aromatic carbocycles. The molecule has 8 nitrogen and oxygen atoms in total. The average molecular weight is 488 g/mol. The first-order valence-corrected chi connectivity index (χ1v) is 12.0. The summed E-state index contributed by atoms with van der Waals surface area (Å²) in [6, 6.07) is 24.9. The molecule has 0 saturated carbocycles. The molecule has 0 aliphatic carbocycles. The lowest BCUT2D eigenvalue weighted by molar-refractivity contribution is -0.118. The van der Waals surface area contributed by atoms with Crippen LogP contribution in [0, 0.1) is 0 Å². The number of amides is 1. The number of aromatic nitrogens is 3. The molecule has 0 atom stereocenters. The molecule has 0 saturated heterocycles. The minimum atomic E-state index is -0.245. The third kappa shape index (κ3) is 6.27. The quantitative estimate of drug-likeness (QED) is 0.200. The Morgan fingerprint density at radius 3 is 2.40 bits per heavy atom. The van der Waals surface area contributed by atoms with E-state index in [1.807, 2.05) is 90.4 Å². The molecular formula is C26H25N5O3S. The lowest BCUT2D eigenvalue weighted by Crippen LogP contribution is -2.20. The van der Waals surface area contributed by atoms with Gasteiger partial charge in [0.05, 0.1) is 25.7 Å². The van der Waals surface area contributed by atoms with E-state index in [-0.39, 0.29) is 11.7 Å². The van der Waals surface area contributed by atoms with Crippen LogP contribution in [0.5, 0.6) is 11.5 Å². The second-order valence-electron chi connectivity index (χ2n) is 7.29. The third-order valence-electron chi connectivity index (χ3n) is 4.92. The molecule has 1 heterocycles. The summed E-state index contributed by atoms with van der Waals surface area (Å²) < 4.78 is 12.6. The lowest BCUT2D eigenvalue weighted by Gasteiger charge is -2.10. The van der Waals surface area contributed by atoms with Crippen molar-refractivity contribution in [3.8, 4) is 28.6 Å². The van der Waals surface area contributed by atoms with E-state index in [1.165, 1.54) is 11.8 Å². The number of nitrogens with zero attached hydrogens (tertiary/aromatic N) is 4. The van der Waals surface area contributed by atoms with Crippen molar-refractivity contribution in [1.82, 2.24) is 20.2 Å². The summed E-state index contributed by atoms with van der Waals surface area (Å²) in [7, 11) is 1.63. The van der Waals surface area contributed by atoms with Gasteiger partial charge in [-0.2, -0.15) is 5.10 Å². The van der Waals surface area contributed by atoms with Gasteiger partial charge < -0.3 is 9.47 Å². The van der Waals surface area contributed by atoms with Crippen LogP contribution in [0.3, 0.4) is 0 Å². The molecule has 0 unspecified atom stereocenters. The number of nitrogens with one attached hydrogen (secondary N) is 1. The molecule has 0 aliphatic heterocycles. The van der Waals surface area contributed by atoms with Gasteiger partial charge in [-0.15, -0.1) is 10.2 Å². The van der Waals surface area contributed by atoms with Crippen molar-refractivity contribution < 1.29 is 14.3 Å². The van der Waals surface area contributed by atoms with Crippen molar-refractivity contribution in [2.45, 2.75) is 12.1 Å². The van der Waals surface area contributed by atoms with Crippen molar-refractivity contribution in [3.05, 3.63) is 84.4 Å². The van der Waals surface area contributed by atoms with Gasteiger partial charge in [0.15, 0.2) is 11.0 Å². The van der Waals surface area contributed by atoms with Crippen LogP contribution in [0.4, 0.5) is 0 Å². The number of hydrogen-bond acceptors (Lipinski definition) is 7. The van der Waals surface area contributed by atoms with E-state index >= 15 is 0 Å². The molecule has 1 N–H and O–H groups in total. The van der Waals surface area contributed by atoms with Gasteiger partial charge in [0, 0.05) is 11.3 Å². The Morgan fingerprint density at radius 2 is 1.71 bits per heavy atom. The second-order valence-corrected chi connectivity index (χ2v) is 8.23. The molecule has 178 valence electrons. The molecule has 0 bridgehead atoms. The van der Waals surface area contributed by atoms with Crippen LogP contribution < -0.4 is 14.9 Å².